The fourth-order valence-corrected chi connectivity index (χ4v) is 2.55. The lowest BCUT2D eigenvalue weighted by Crippen LogP contribution is -2.41. The molecule has 3 heteroatoms. The molecule has 0 aromatic carbocycles. The zero-order chi connectivity index (χ0) is 9.26. The van der Waals surface area contributed by atoms with E-state index in [0.717, 1.165) is 39.0 Å². The van der Waals surface area contributed by atoms with E-state index in [4.69, 9.17) is 4.74 Å². The number of aliphatic hydroxyl groups excluding tert-OH is 1. The van der Waals surface area contributed by atoms with Crippen LogP contribution in [0.15, 0.2) is 0 Å². The lowest BCUT2D eigenvalue weighted by Gasteiger charge is -2.33. The molecule has 0 aromatic heterocycles. The molecule has 2 saturated heterocycles. The first-order valence-electron chi connectivity index (χ1n) is 5.29. The van der Waals surface area contributed by atoms with Crippen LogP contribution in [0.2, 0.25) is 0 Å². The van der Waals surface area contributed by atoms with Crippen molar-refractivity contribution < 1.29 is 9.84 Å². The second kappa shape index (κ2) is 3.95. The van der Waals surface area contributed by atoms with Gasteiger partial charge in [-0.25, -0.2) is 0 Å². The van der Waals surface area contributed by atoms with Crippen molar-refractivity contribution in [2.75, 3.05) is 19.8 Å². The molecule has 0 saturated carbocycles. The fourth-order valence-electron chi connectivity index (χ4n) is 2.55. The number of likely N-dealkylation sites (tertiary alicyclic amines) is 1. The smallest absolute Gasteiger partial charge is 0.0682 e. The van der Waals surface area contributed by atoms with E-state index >= 15 is 0 Å². The van der Waals surface area contributed by atoms with E-state index in [1.807, 2.05) is 0 Å². The van der Waals surface area contributed by atoms with Crippen LogP contribution in [0.4, 0.5) is 0 Å². The van der Waals surface area contributed by atoms with Crippen LogP contribution in [0.1, 0.15) is 26.2 Å². The predicted molar refractivity (Wildman–Crippen MR) is 50.6 cm³/mol. The van der Waals surface area contributed by atoms with Gasteiger partial charge in [-0.1, -0.05) is 0 Å². The fraction of sp³-hybridized carbons (Fsp3) is 1.00. The third-order valence-corrected chi connectivity index (χ3v) is 3.26. The molecule has 0 bridgehead atoms. The summed E-state index contributed by atoms with van der Waals surface area (Å²) in [5.41, 5.74) is 0. The Morgan fingerprint density at radius 1 is 1.31 bits per heavy atom. The maximum Gasteiger partial charge on any atom is 0.0682 e. The van der Waals surface area contributed by atoms with Gasteiger partial charge in [-0.3, -0.25) is 4.90 Å². The Balaban J connectivity index is 1.91. The van der Waals surface area contributed by atoms with E-state index in [9.17, 15) is 5.11 Å². The molecule has 13 heavy (non-hydrogen) atoms. The van der Waals surface area contributed by atoms with Crippen LogP contribution in [0, 0.1) is 0 Å². The summed E-state index contributed by atoms with van der Waals surface area (Å²) in [5.74, 6) is 0. The van der Waals surface area contributed by atoms with Crippen molar-refractivity contribution in [1.82, 2.24) is 4.90 Å². The molecule has 2 heterocycles. The largest absolute Gasteiger partial charge is 0.392 e. The summed E-state index contributed by atoms with van der Waals surface area (Å²) in [5, 5.41) is 9.53. The number of nitrogens with zero attached hydrogens (tertiary/aromatic N) is 1. The van der Waals surface area contributed by atoms with Gasteiger partial charge >= 0.3 is 0 Å². The number of β-amino-alcohol motifs (C(OH)–C–C–N with tert-alkyl or cyclic N) is 1. The molecule has 2 rings (SSSR count). The average molecular weight is 185 g/mol. The van der Waals surface area contributed by atoms with E-state index in [-0.39, 0.29) is 6.10 Å². The van der Waals surface area contributed by atoms with Gasteiger partial charge in [-0.05, 0) is 26.2 Å². The number of rotatable bonds is 1. The average Bonchev–Trinajstić information content (AvgIpc) is 2.47. The Morgan fingerprint density at radius 3 is 2.54 bits per heavy atom. The van der Waals surface area contributed by atoms with Crippen molar-refractivity contribution in [2.45, 2.75) is 44.4 Å². The van der Waals surface area contributed by atoms with E-state index in [1.54, 1.807) is 0 Å². The quantitative estimate of drug-likeness (QED) is 0.650. The maximum atomic E-state index is 9.53. The Labute approximate surface area is 79.7 Å². The summed E-state index contributed by atoms with van der Waals surface area (Å²) in [4.78, 5) is 2.45. The van der Waals surface area contributed by atoms with Crippen LogP contribution in [0.5, 0.6) is 0 Å². The van der Waals surface area contributed by atoms with Crippen LogP contribution in [0.25, 0.3) is 0 Å². The maximum absolute atomic E-state index is 9.53. The van der Waals surface area contributed by atoms with Gasteiger partial charge in [-0.15, -0.1) is 0 Å². The summed E-state index contributed by atoms with van der Waals surface area (Å²) < 4.78 is 5.33. The van der Waals surface area contributed by atoms with Gasteiger partial charge in [0.15, 0.2) is 0 Å². The van der Waals surface area contributed by atoms with Crippen molar-refractivity contribution in [1.29, 1.82) is 0 Å². The second-order valence-corrected chi connectivity index (χ2v) is 4.28. The van der Waals surface area contributed by atoms with E-state index in [0.29, 0.717) is 12.1 Å². The molecular formula is C10H19NO2. The first-order valence-corrected chi connectivity index (χ1v) is 5.29. The first-order chi connectivity index (χ1) is 6.27. The molecule has 0 spiro atoms. The second-order valence-electron chi connectivity index (χ2n) is 4.28. The molecule has 1 unspecified atom stereocenters. The van der Waals surface area contributed by atoms with E-state index in [2.05, 4.69) is 11.8 Å². The molecule has 0 aromatic rings. The summed E-state index contributed by atoms with van der Waals surface area (Å²) in [6, 6.07) is 1.21. The van der Waals surface area contributed by atoms with Gasteiger partial charge in [0.25, 0.3) is 0 Å². The van der Waals surface area contributed by atoms with Crippen LogP contribution in [-0.4, -0.2) is 48.0 Å². The third kappa shape index (κ3) is 2.03. The lowest BCUT2D eigenvalue weighted by atomic mass is 10.1. The third-order valence-electron chi connectivity index (χ3n) is 3.26. The van der Waals surface area contributed by atoms with Crippen molar-refractivity contribution in [3.63, 3.8) is 0 Å². The summed E-state index contributed by atoms with van der Waals surface area (Å²) in [6.07, 6.45) is 3.11. The zero-order valence-electron chi connectivity index (χ0n) is 8.28. The summed E-state index contributed by atoms with van der Waals surface area (Å²) in [6.45, 7) is 4.87. The molecule has 2 aliphatic heterocycles. The van der Waals surface area contributed by atoms with Gasteiger partial charge in [0.2, 0.25) is 0 Å². The predicted octanol–water partition coefficient (Wildman–Crippen LogP) is 0.620. The van der Waals surface area contributed by atoms with Gasteiger partial charge in [-0.2, -0.15) is 0 Å². The molecule has 0 aliphatic carbocycles. The standard InChI is InChI=1S/C10H19NO2/c1-8-6-10(12)7-11(8)9-2-4-13-5-3-9/h8-10,12H,2-7H2,1H3/t8?,10-/m0/s1. The highest BCUT2D eigenvalue weighted by atomic mass is 16.5. The molecule has 2 atom stereocenters. The van der Waals surface area contributed by atoms with Crippen molar-refractivity contribution in [3.05, 3.63) is 0 Å². The van der Waals surface area contributed by atoms with Gasteiger partial charge < -0.3 is 9.84 Å². The topological polar surface area (TPSA) is 32.7 Å². The monoisotopic (exact) mass is 185 g/mol. The Hall–Kier alpha value is -0.120. The molecule has 76 valence electrons. The van der Waals surface area contributed by atoms with Crippen molar-refractivity contribution >= 4 is 0 Å². The van der Waals surface area contributed by atoms with Crippen LogP contribution < -0.4 is 0 Å². The number of hydrogen-bond donors (Lipinski definition) is 1. The van der Waals surface area contributed by atoms with Gasteiger partial charge in [0.05, 0.1) is 6.10 Å². The number of hydrogen-bond acceptors (Lipinski definition) is 3. The highest BCUT2D eigenvalue weighted by Crippen LogP contribution is 2.24. The molecule has 0 amide bonds. The molecule has 2 fully saturated rings. The zero-order valence-corrected chi connectivity index (χ0v) is 8.28. The number of ether oxygens (including phenoxy) is 1. The molecular weight excluding hydrogens is 166 g/mol. The summed E-state index contributed by atoms with van der Waals surface area (Å²) >= 11 is 0. The molecule has 3 nitrogen and oxygen atoms in total. The molecule has 1 N–H and O–H groups in total. The highest BCUT2D eigenvalue weighted by molar-refractivity contribution is 4.87. The van der Waals surface area contributed by atoms with Crippen LogP contribution in [0.3, 0.4) is 0 Å². The minimum Gasteiger partial charge on any atom is -0.392 e. The van der Waals surface area contributed by atoms with E-state index < -0.39 is 0 Å². The highest BCUT2D eigenvalue weighted by Gasteiger charge is 2.33. The SMILES string of the molecule is CC1C[C@H](O)CN1C1CCOCC1. The van der Waals surface area contributed by atoms with E-state index in [1.165, 1.54) is 0 Å². The minimum absolute atomic E-state index is 0.0992. The van der Waals surface area contributed by atoms with Gasteiger partial charge in [0.1, 0.15) is 0 Å². The van der Waals surface area contributed by atoms with Crippen LogP contribution >= 0.6 is 0 Å². The molecule has 0 radical (unpaired) electrons. The molecule has 2 aliphatic rings. The summed E-state index contributed by atoms with van der Waals surface area (Å²) in [7, 11) is 0. The number of aliphatic hydroxyl groups is 1. The Morgan fingerprint density at radius 2 is 2.00 bits per heavy atom. The normalized spacial score (nSPS) is 38.3. The first kappa shape index (κ1) is 9.44. The van der Waals surface area contributed by atoms with Crippen molar-refractivity contribution in [2.24, 2.45) is 0 Å². The Bertz CT molecular complexity index is 168. The minimum atomic E-state index is -0.0992. The Kier molecular flexibility index (Phi) is 2.86. The lowest BCUT2D eigenvalue weighted by molar-refractivity contribution is 0.0282. The van der Waals surface area contributed by atoms with Crippen molar-refractivity contribution in [3.8, 4) is 0 Å². The van der Waals surface area contributed by atoms with Crippen LogP contribution in [-0.2, 0) is 4.74 Å². The van der Waals surface area contributed by atoms with Gasteiger partial charge in [0, 0.05) is 31.8 Å².